The third-order valence-electron chi connectivity index (χ3n) is 5.46. The molecular formula is C21H17ClN2O5. The zero-order chi connectivity index (χ0) is 20.1. The third kappa shape index (κ3) is 2.77. The van der Waals surface area contributed by atoms with Crippen LogP contribution in [-0.2, 0) is 11.2 Å². The number of para-hydroxylation sites is 1. The van der Waals surface area contributed by atoms with Crippen LogP contribution in [0.2, 0.25) is 0 Å². The third-order valence-corrected chi connectivity index (χ3v) is 5.69. The first-order valence-electron chi connectivity index (χ1n) is 9.18. The Balaban J connectivity index is 1.77. The van der Waals surface area contributed by atoms with Crippen LogP contribution in [-0.4, -0.2) is 40.3 Å². The van der Waals surface area contributed by atoms with Crippen molar-refractivity contribution in [3.8, 4) is 11.5 Å². The van der Waals surface area contributed by atoms with E-state index in [0.29, 0.717) is 17.2 Å². The molecule has 3 heterocycles. The highest BCUT2D eigenvalue weighted by atomic mass is 35.5. The maximum atomic E-state index is 12.8. The Hall–Kier alpha value is -3.03. The molecule has 2 unspecified atom stereocenters. The van der Waals surface area contributed by atoms with E-state index in [-0.39, 0.29) is 25.0 Å². The molecule has 3 aromatic rings. The molecule has 0 saturated heterocycles. The Morgan fingerprint density at radius 1 is 1.17 bits per heavy atom. The van der Waals surface area contributed by atoms with Gasteiger partial charge in [0.05, 0.1) is 17.3 Å². The van der Waals surface area contributed by atoms with E-state index in [0.717, 1.165) is 22.0 Å². The van der Waals surface area contributed by atoms with Crippen molar-refractivity contribution in [1.82, 2.24) is 9.88 Å². The van der Waals surface area contributed by atoms with Crippen molar-refractivity contribution in [1.29, 1.82) is 0 Å². The van der Waals surface area contributed by atoms with Crippen LogP contribution in [0.3, 0.4) is 0 Å². The molecule has 0 bridgehead atoms. The molecule has 7 nitrogen and oxygen atoms in total. The van der Waals surface area contributed by atoms with Gasteiger partial charge in [-0.2, -0.15) is 0 Å². The smallest absolute Gasteiger partial charge is 0.321 e. The highest BCUT2D eigenvalue weighted by molar-refractivity contribution is 6.28. The van der Waals surface area contributed by atoms with Crippen LogP contribution in [0.4, 0.5) is 0 Å². The normalized spacial score (nSPS) is 19.9. The average molecular weight is 413 g/mol. The fourth-order valence-electron chi connectivity index (χ4n) is 4.22. The zero-order valence-electron chi connectivity index (χ0n) is 15.2. The minimum atomic E-state index is -0.943. The van der Waals surface area contributed by atoms with Gasteiger partial charge in [0.15, 0.2) is 11.5 Å². The maximum absolute atomic E-state index is 12.8. The van der Waals surface area contributed by atoms with Crippen molar-refractivity contribution < 1.29 is 24.2 Å². The van der Waals surface area contributed by atoms with Crippen molar-refractivity contribution in [3.05, 3.63) is 59.3 Å². The van der Waals surface area contributed by atoms with Crippen LogP contribution >= 0.6 is 11.6 Å². The number of benzene rings is 2. The Morgan fingerprint density at radius 2 is 1.97 bits per heavy atom. The Kier molecular flexibility index (Phi) is 4.22. The quantitative estimate of drug-likeness (QED) is 0.643. The van der Waals surface area contributed by atoms with Gasteiger partial charge in [-0.25, -0.2) is 0 Å². The van der Waals surface area contributed by atoms with Gasteiger partial charge in [-0.05, 0) is 29.3 Å². The van der Waals surface area contributed by atoms with Crippen LogP contribution in [0.1, 0.15) is 27.7 Å². The number of rotatable bonds is 3. The van der Waals surface area contributed by atoms with Gasteiger partial charge in [0, 0.05) is 11.8 Å². The van der Waals surface area contributed by atoms with Crippen molar-refractivity contribution in [2.45, 2.75) is 18.5 Å². The summed E-state index contributed by atoms with van der Waals surface area (Å²) in [5.74, 6) is -0.152. The Bertz CT molecular complexity index is 1160. The minimum Gasteiger partial charge on any atom is -0.480 e. The Labute approximate surface area is 170 Å². The first kappa shape index (κ1) is 18.0. The van der Waals surface area contributed by atoms with Gasteiger partial charge >= 0.3 is 5.97 Å². The molecule has 0 aliphatic carbocycles. The second-order valence-electron chi connectivity index (χ2n) is 7.05. The second-order valence-corrected chi connectivity index (χ2v) is 7.32. The first-order chi connectivity index (χ1) is 14.1. The summed E-state index contributed by atoms with van der Waals surface area (Å²) >= 11 is 5.91. The number of carboxylic acids is 1. The molecule has 0 saturated carbocycles. The monoisotopic (exact) mass is 412 g/mol. The fraction of sp³-hybridized carbons (Fsp3) is 0.238. The first-order valence-corrected chi connectivity index (χ1v) is 9.71. The molecule has 0 spiro atoms. The SMILES string of the molecule is O=C(O)C1Cc2c(n(C(=O)CCl)c3ccccc23)C(c2ccc3c(c2)OCO3)N1. The van der Waals surface area contributed by atoms with E-state index >= 15 is 0 Å². The predicted molar refractivity (Wildman–Crippen MR) is 106 cm³/mol. The number of hydrogen-bond donors (Lipinski definition) is 2. The molecule has 0 fully saturated rings. The lowest BCUT2D eigenvalue weighted by atomic mass is 9.90. The summed E-state index contributed by atoms with van der Waals surface area (Å²) in [6.07, 6.45) is 0.273. The number of carbonyl (C=O) groups is 2. The number of halogens is 1. The number of carboxylic acid groups (broad SMARTS) is 1. The summed E-state index contributed by atoms with van der Waals surface area (Å²) < 4.78 is 12.5. The van der Waals surface area contributed by atoms with E-state index in [9.17, 15) is 14.7 Å². The maximum Gasteiger partial charge on any atom is 0.321 e. The van der Waals surface area contributed by atoms with Gasteiger partial charge in [0.25, 0.3) is 0 Å². The van der Waals surface area contributed by atoms with Crippen LogP contribution < -0.4 is 14.8 Å². The number of alkyl halides is 1. The van der Waals surface area contributed by atoms with Crippen LogP contribution in [0.15, 0.2) is 42.5 Å². The van der Waals surface area contributed by atoms with Gasteiger partial charge in [0.1, 0.15) is 11.9 Å². The van der Waals surface area contributed by atoms with Crippen molar-refractivity contribution in [2.75, 3.05) is 12.7 Å². The van der Waals surface area contributed by atoms with Crippen LogP contribution in [0.5, 0.6) is 11.5 Å². The molecule has 2 atom stereocenters. The summed E-state index contributed by atoms with van der Waals surface area (Å²) in [5, 5.41) is 13.8. The number of nitrogens with one attached hydrogen (secondary N) is 1. The lowest BCUT2D eigenvalue weighted by Crippen LogP contribution is -2.45. The van der Waals surface area contributed by atoms with E-state index in [1.54, 1.807) is 10.6 Å². The van der Waals surface area contributed by atoms with E-state index in [1.807, 2.05) is 36.4 Å². The number of aromatic nitrogens is 1. The van der Waals surface area contributed by atoms with Crippen molar-refractivity contribution >= 4 is 34.4 Å². The van der Waals surface area contributed by atoms with E-state index < -0.39 is 18.1 Å². The molecule has 0 amide bonds. The summed E-state index contributed by atoms with van der Waals surface area (Å²) in [4.78, 5) is 24.6. The number of aliphatic carboxylic acids is 1. The predicted octanol–water partition coefficient (Wildman–Crippen LogP) is 2.94. The lowest BCUT2D eigenvalue weighted by molar-refractivity contribution is -0.139. The largest absolute Gasteiger partial charge is 0.480 e. The summed E-state index contributed by atoms with van der Waals surface area (Å²) in [5.41, 5.74) is 3.07. The summed E-state index contributed by atoms with van der Waals surface area (Å²) in [7, 11) is 0. The Morgan fingerprint density at radius 3 is 2.76 bits per heavy atom. The van der Waals surface area contributed by atoms with Gasteiger partial charge in [0.2, 0.25) is 12.7 Å². The molecule has 29 heavy (non-hydrogen) atoms. The number of hydrogen-bond acceptors (Lipinski definition) is 5. The standard InChI is InChI=1S/C21H17ClN2O5/c22-9-18(25)24-15-4-2-1-3-12(15)13-8-14(21(26)27)23-19(20(13)24)11-5-6-16-17(7-11)29-10-28-16/h1-7,14,19,23H,8-10H2,(H,26,27). The van der Waals surface area contributed by atoms with Crippen LogP contribution in [0.25, 0.3) is 10.9 Å². The number of nitrogens with zero attached hydrogens (tertiary/aromatic N) is 1. The van der Waals surface area contributed by atoms with E-state index in [1.165, 1.54) is 0 Å². The molecule has 8 heteroatoms. The van der Waals surface area contributed by atoms with Gasteiger partial charge in [-0.15, -0.1) is 11.6 Å². The van der Waals surface area contributed by atoms with Gasteiger partial charge in [-0.3, -0.25) is 19.5 Å². The fourth-order valence-corrected chi connectivity index (χ4v) is 4.34. The highest BCUT2D eigenvalue weighted by Gasteiger charge is 2.37. The number of ether oxygens (including phenoxy) is 2. The summed E-state index contributed by atoms with van der Waals surface area (Å²) in [6.45, 7) is 0.144. The lowest BCUT2D eigenvalue weighted by Gasteiger charge is -2.31. The minimum absolute atomic E-state index is 0.144. The number of fused-ring (bicyclic) bond motifs is 4. The second kappa shape index (κ2) is 6.79. The molecule has 5 rings (SSSR count). The molecular weight excluding hydrogens is 396 g/mol. The molecule has 2 N–H and O–H groups in total. The van der Waals surface area contributed by atoms with Crippen molar-refractivity contribution in [3.63, 3.8) is 0 Å². The van der Waals surface area contributed by atoms with E-state index in [4.69, 9.17) is 21.1 Å². The molecule has 0 radical (unpaired) electrons. The molecule has 148 valence electrons. The van der Waals surface area contributed by atoms with Gasteiger partial charge in [-0.1, -0.05) is 24.3 Å². The summed E-state index contributed by atoms with van der Waals surface area (Å²) in [6, 6.07) is 11.7. The molecule has 2 aliphatic heterocycles. The van der Waals surface area contributed by atoms with Gasteiger partial charge < -0.3 is 14.6 Å². The zero-order valence-corrected chi connectivity index (χ0v) is 16.0. The number of carbonyl (C=O) groups excluding carboxylic acids is 1. The highest BCUT2D eigenvalue weighted by Crippen LogP contribution is 2.41. The topological polar surface area (TPSA) is 89.8 Å². The molecule has 2 aliphatic rings. The average Bonchev–Trinajstić information content (AvgIpc) is 3.34. The van der Waals surface area contributed by atoms with Crippen molar-refractivity contribution in [2.24, 2.45) is 0 Å². The molecule has 2 aromatic carbocycles. The van der Waals surface area contributed by atoms with Crippen LogP contribution in [0, 0.1) is 0 Å². The molecule has 1 aromatic heterocycles. The van der Waals surface area contributed by atoms with E-state index in [2.05, 4.69) is 5.32 Å².